The Hall–Kier alpha value is -0.510. The fraction of sp³-hybridized carbons (Fsp3) is 0.625. The van der Waals surface area contributed by atoms with Crippen molar-refractivity contribution in [2.45, 2.75) is 49.0 Å². The van der Waals surface area contributed by atoms with E-state index >= 15 is 0 Å². The topological polar surface area (TPSA) is 18.5 Å². The SMILES string of the molecule is COC(OC)c1ccc(SC2CCC(C)CC2)cc1. The van der Waals surface area contributed by atoms with Gasteiger partial charge < -0.3 is 9.47 Å². The van der Waals surface area contributed by atoms with Crippen LogP contribution in [0.1, 0.15) is 44.5 Å². The number of benzene rings is 1. The summed E-state index contributed by atoms with van der Waals surface area (Å²) in [5, 5.41) is 0.794. The molecule has 0 radical (unpaired) electrons. The maximum atomic E-state index is 5.26. The number of methoxy groups -OCH3 is 2. The second-order valence-corrected chi connectivity index (χ2v) is 6.75. The Bertz CT molecular complexity index is 365. The molecule has 3 heteroatoms. The van der Waals surface area contributed by atoms with Gasteiger partial charge in [0.15, 0.2) is 6.29 Å². The normalized spacial score (nSPS) is 23.8. The largest absolute Gasteiger partial charge is 0.352 e. The molecule has 0 aromatic heterocycles. The van der Waals surface area contributed by atoms with Gasteiger partial charge in [-0.25, -0.2) is 0 Å². The van der Waals surface area contributed by atoms with Crippen molar-refractivity contribution >= 4 is 11.8 Å². The maximum absolute atomic E-state index is 5.26. The van der Waals surface area contributed by atoms with E-state index in [1.807, 2.05) is 11.8 Å². The van der Waals surface area contributed by atoms with Gasteiger partial charge in [-0.05, 0) is 43.7 Å². The predicted molar refractivity (Wildman–Crippen MR) is 80.5 cm³/mol. The summed E-state index contributed by atoms with van der Waals surface area (Å²) < 4.78 is 10.5. The summed E-state index contributed by atoms with van der Waals surface area (Å²) in [6.45, 7) is 2.37. The molecular formula is C16H24O2S. The predicted octanol–water partition coefficient (Wildman–Crippen LogP) is 4.65. The van der Waals surface area contributed by atoms with Gasteiger partial charge in [0, 0.05) is 29.9 Å². The van der Waals surface area contributed by atoms with Gasteiger partial charge in [-0.3, -0.25) is 0 Å². The first-order chi connectivity index (χ1) is 9.22. The average molecular weight is 280 g/mol. The van der Waals surface area contributed by atoms with Crippen LogP contribution in [0.15, 0.2) is 29.2 Å². The molecule has 1 aromatic carbocycles. The van der Waals surface area contributed by atoms with Crippen LogP contribution in [-0.2, 0) is 9.47 Å². The van der Waals surface area contributed by atoms with Crippen LogP contribution in [-0.4, -0.2) is 19.5 Å². The molecule has 1 aromatic rings. The smallest absolute Gasteiger partial charge is 0.183 e. The van der Waals surface area contributed by atoms with Crippen LogP contribution in [0.4, 0.5) is 0 Å². The lowest BCUT2D eigenvalue weighted by Crippen LogP contribution is -2.13. The summed E-state index contributed by atoms with van der Waals surface area (Å²) in [6, 6.07) is 8.57. The van der Waals surface area contributed by atoms with Crippen molar-refractivity contribution < 1.29 is 9.47 Å². The van der Waals surface area contributed by atoms with E-state index in [4.69, 9.17) is 9.47 Å². The van der Waals surface area contributed by atoms with Crippen LogP contribution in [0, 0.1) is 5.92 Å². The lowest BCUT2D eigenvalue weighted by atomic mass is 9.91. The van der Waals surface area contributed by atoms with Gasteiger partial charge in [-0.15, -0.1) is 11.8 Å². The lowest BCUT2D eigenvalue weighted by Gasteiger charge is -2.25. The maximum Gasteiger partial charge on any atom is 0.183 e. The van der Waals surface area contributed by atoms with E-state index in [-0.39, 0.29) is 6.29 Å². The highest BCUT2D eigenvalue weighted by Gasteiger charge is 2.19. The number of rotatable bonds is 5. The number of hydrogen-bond acceptors (Lipinski definition) is 3. The van der Waals surface area contributed by atoms with E-state index in [1.165, 1.54) is 30.6 Å². The summed E-state index contributed by atoms with van der Waals surface area (Å²) in [5.41, 5.74) is 1.08. The van der Waals surface area contributed by atoms with Crippen molar-refractivity contribution in [3.05, 3.63) is 29.8 Å². The molecule has 0 amide bonds. The van der Waals surface area contributed by atoms with Crippen LogP contribution in [0.25, 0.3) is 0 Å². The van der Waals surface area contributed by atoms with Gasteiger partial charge in [0.25, 0.3) is 0 Å². The van der Waals surface area contributed by atoms with Gasteiger partial charge in [0.2, 0.25) is 0 Å². The molecule has 0 saturated heterocycles. The van der Waals surface area contributed by atoms with Crippen molar-refractivity contribution in [2.24, 2.45) is 5.92 Å². The molecule has 0 aliphatic heterocycles. The highest BCUT2D eigenvalue weighted by molar-refractivity contribution is 8.00. The second-order valence-electron chi connectivity index (χ2n) is 5.37. The van der Waals surface area contributed by atoms with E-state index in [0.717, 1.165) is 16.7 Å². The number of hydrogen-bond donors (Lipinski definition) is 0. The fourth-order valence-corrected chi connectivity index (χ4v) is 3.80. The molecule has 1 aliphatic rings. The van der Waals surface area contributed by atoms with Gasteiger partial charge in [-0.1, -0.05) is 19.1 Å². The lowest BCUT2D eigenvalue weighted by molar-refractivity contribution is -0.106. The quantitative estimate of drug-likeness (QED) is 0.731. The van der Waals surface area contributed by atoms with Crippen molar-refractivity contribution in [1.82, 2.24) is 0 Å². The third-order valence-electron chi connectivity index (χ3n) is 3.85. The summed E-state index contributed by atoms with van der Waals surface area (Å²) in [4.78, 5) is 1.36. The Kier molecular flexibility index (Phi) is 5.74. The van der Waals surface area contributed by atoms with Crippen LogP contribution in [0.2, 0.25) is 0 Å². The van der Waals surface area contributed by atoms with Gasteiger partial charge in [0.05, 0.1) is 0 Å². The third-order valence-corrected chi connectivity index (χ3v) is 5.20. The van der Waals surface area contributed by atoms with Crippen molar-refractivity contribution in [3.8, 4) is 0 Å². The van der Waals surface area contributed by atoms with Crippen LogP contribution in [0.3, 0.4) is 0 Å². The Labute approximate surface area is 120 Å². The Balaban J connectivity index is 1.91. The molecule has 1 fully saturated rings. The average Bonchev–Trinajstić information content (AvgIpc) is 2.44. The second kappa shape index (κ2) is 7.32. The molecule has 19 heavy (non-hydrogen) atoms. The fourth-order valence-electron chi connectivity index (χ4n) is 2.61. The molecule has 2 rings (SSSR count). The van der Waals surface area contributed by atoms with Crippen molar-refractivity contribution in [2.75, 3.05) is 14.2 Å². The minimum absolute atomic E-state index is 0.255. The molecule has 0 N–H and O–H groups in total. The minimum Gasteiger partial charge on any atom is -0.352 e. The molecule has 0 unspecified atom stereocenters. The first kappa shape index (κ1) is 14.9. The highest BCUT2D eigenvalue weighted by atomic mass is 32.2. The molecule has 0 heterocycles. The first-order valence-corrected chi connectivity index (χ1v) is 7.93. The van der Waals surface area contributed by atoms with Crippen LogP contribution < -0.4 is 0 Å². The van der Waals surface area contributed by atoms with E-state index in [1.54, 1.807) is 14.2 Å². The molecular weight excluding hydrogens is 256 g/mol. The molecule has 0 atom stereocenters. The van der Waals surface area contributed by atoms with E-state index < -0.39 is 0 Å². The van der Waals surface area contributed by atoms with Crippen LogP contribution in [0.5, 0.6) is 0 Å². The van der Waals surface area contributed by atoms with Gasteiger partial charge in [0.1, 0.15) is 0 Å². The summed E-state index contributed by atoms with van der Waals surface area (Å²) >= 11 is 2.02. The molecule has 2 nitrogen and oxygen atoms in total. The standard InChI is InChI=1S/C16H24O2S/c1-12-4-8-14(9-5-12)19-15-10-6-13(7-11-15)16(17-2)18-3/h6-7,10-12,14,16H,4-5,8-9H2,1-3H3. The monoisotopic (exact) mass is 280 g/mol. The Morgan fingerprint density at radius 1 is 1.00 bits per heavy atom. The van der Waals surface area contributed by atoms with Gasteiger partial charge >= 0.3 is 0 Å². The molecule has 1 aliphatic carbocycles. The van der Waals surface area contributed by atoms with E-state index in [2.05, 4.69) is 31.2 Å². The first-order valence-electron chi connectivity index (χ1n) is 7.05. The molecule has 106 valence electrons. The van der Waals surface area contributed by atoms with Crippen molar-refractivity contribution in [1.29, 1.82) is 0 Å². The minimum atomic E-state index is -0.255. The van der Waals surface area contributed by atoms with E-state index in [0.29, 0.717) is 0 Å². The van der Waals surface area contributed by atoms with Crippen LogP contribution >= 0.6 is 11.8 Å². The zero-order valence-corrected chi connectivity index (χ0v) is 12.9. The zero-order chi connectivity index (χ0) is 13.7. The highest BCUT2D eigenvalue weighted by Crippen LogP contribution is 2.36. The summed E-state index contributed by atoms with van der Waals surface area (Å²) in [5.74, 6) is 0.920. The van der Waals surface area contributed by atoms with E-state index in [9.17, 15) is 0 Å². The Morgan fingerprint density at radius 3 is 2.11 bits per heavy atom. The molecule has 1 saturated carbocycles. The Morgan fingerprint density at radius 2 is 1.58 bits per heavy atom. The number of ether oxygens (including phenoxy) is 2. The van der Waals surface area contributed by atoms with Gasteiger partial charge in [-0.2, -0.15) is 0 Å². The summed E-state index contributed by atoms with van der Waals surface area (Å²) in [7, 11) is 3.33. The molecule has 0 bridgehead atoms. The third kappa shape index (κ3) is 4.23. The van der Waals surface area contributed by atoms with Crippen molar-refractivity contribution in [3.63, 3.8) is 0 Å². The molecule has 0 spiro atoms. The zero-order valence-electron chi connectivity index (χ0n) is 12.1. The number of thioether (sulfide) groups is 1. The summed E-state index contributed by atoms with van der Waals surface area (Å²) in [6.07, 6.45) is 5.21.